The van der Waals surface area contributed by atoms with Gasteiger partial charge in [0.25, 0.3) is 0 Å². The molecular weight excluding hydrogens is 1490 g/mol. The third kappa shape index (κ3) is 63.2. The van der Waals surface area contributed by atoms with Crippen LogP contribution in [0.25, 0.3) is 16.9 Å². The van der Waals surface area contributed by atoms with Gasteiger partial charge in [-0.15, -0.1) is 0 Å². The second-order valence-electron chi connectivity index (χ2n) is 37.3. The van der Waals surface area contributed by atoms with Crippen LogP contribution >= 0.6 is 0 Å². The maximum Gasteiger partial charge on any atom is 2.00 e. The van der Waals surface area contributed by atoms with Crippen molar-refractivity contribution >= 4 is 11.4 Å². The molecule has 0 fully saturated rings. The smallest absolute Gasteiger partial charge is 0.493 e. The molecule has 0 amide bonds. The van der Waals surface area contributed by atoms with Crippen molar-refractivity contribution in [3.8, 4) is 0 Å². The van der Waals surface area contributed by atoms with Gasteiger partial charge in [-0.2, -0.15) is 12.8 Å². The average Bonchev–Trinajstić information content (AvgIpc) is 1.59. The molecule has 680 valence electrons. The average molecular weight is 1700 g/mol. The van der Waals surface area contributed by atoms with E-state index in [1.165, 1.54) is 510 Å². The van der Waals surface area contributed by atoms with Crippen molar-refractivity contribution in [2.75, 3.05) is 0 Å². The van der Waals surface area contributed by atoms with Gasteiger partial charge in [0.1, 0.15) is 0 Å². The molecule has 3 rings (SSSR count). The molecule has 0 N–H and O–H groups in total. The Bertz CT molecular complexity index is 2290. The Balaban J connectivity index is 0.00000194. The molecular formula is C113H208N2Pd. The van der Waals surface area contributed by atoms with Crippen LogP contribution in [0.5, 0.6) is 0 Å². The van der Waals surface area contributed by atoms with Crippen LogP contribution in [0, 0.1) is 13.8 Å². The summed E-state index contributed by atoms with van der Waals surface area (Å²) in [7, 11) is 0. The molecule has 0 spiro atoms. The molecule has 3 heteroatoms. The van der Waals surface area contributed by atoms with Crippen molar-refractivity contribution < 1.29 is 25.1 Å². The number of allylic oxidation sites excluding steroid dienone is 2. The molecule has 2 aromatic carbocycles. The first-order valence-corrected chi connectivity index (χ1v) is 53.5. The quantitative estimate of drug-likeness (QED) is 0.0273. The van der Waals surface area contributed by atoms with Crippen LogP contribution in [0.4, 0.5) is 0 Å². The van der Waals surface area contributed by atoms with Gasteiger partial charge in [0, 0.05) is 22.3 Å². The fourth-order valence-electron chi connectivity index (χ4n) is 18.5. The molecule has 0 bridgehead atoms. The van der Waals surface area contributed by atoms with E-state index in [0.29, 0.717) is 0 Å². The third-order valence-electron chi connectivity index (χ3n) is 26.2. The van der Waals surface area contributed by atoms with Crippen LogP contribution in [0.1, 0.15) is 621 Å². The Kier molecular flexibility index (Phi) is 88.1. The Morgan fingerprint density at radius 1 is 0.207 bits per heavy atom. The van der Waals surface area contributed by atoms with Crippen LogP contribution in [0.3, 0.4) is 0 Å². The Labute approximate surface area is 745 Å². The fraction of sp³-hybridized carbons (Fsp3) is 0.841. The van der Waals surface area contributed by atoms with Gasteiger partial charge in [0.2, 0.25) is 11.4 Å². The van der Waals surface area contributed by atoms with E-state index >= 15 is 0 Å². The van der Waals surface area contributed by atoms with Crippen LogP contribution < -0.4 is 0 Å². The summed E-state index contributed by atoms with van der Waals surface area (Å²) >= 11 is 0. The number of hydrogen-bond acceptors (Lipinski definition) is 0. The van der Waals surface area contributed by atoms with Gasteiger partial charge in [0.05, 0.1) is 0 Å². The normalized spacial score (nSPS) is 12.2. The fourth-order valence-corrected chi connectivity index (χ4v) is 18.5. The SMILES string of the molecule is CCCCCCc1cc(C2=C(C)C(CCCC)=C(c3cc(CCCCCC)c(CCCCCC)c(CCCCCC)c3)[N+]2=[N-])cc(CCCCCC)c1CCCCCC.[CH2-]CCCCCCCCCCCCCCCCCCCCCCCCCCC.[CH2-]CCCCCCCCCCCCCCCCCCCCCCCCCCC.[Pd+2]. The number of hydrogen-bond donors (Lipinski definition) is 0. The van der Waals surface area contributed by atoms with E-state index in [2.05, 4.69) is 107 Å². The maximum absolute atomic E-state index is 12.8. The minimum absolute atomic E-state index is 0. The van der Waals surface area contributed by atoms with Crippen LogP contribution in [0.15, 0.2) is 35.4 Å². The van der Waals surface area contributed by atoms with Gasteiger partial charge in [0.15, 0.2) is 0 Å². The molecule has 0 saturated carbocycles. The minimum atomic E-state index is 0. The summed E-state index contributed by atoms with van der Waals surface area (Å²) in [6.07, 6.45) is 117. The first-order chi connectivity index (χ1) is 56.7. The molecule has 0 radical (unpaired) electrons. The molecule has 2 aromatic rings. The van der Waals surface area contributed by atoms with E-state index in [1.54, 1.807) is 38.1 Å². The Morgan fingerprint density at radius 3 is 0.560 bits per heavy atom. The zero-order chi connectivity index (χ0) is 83.4. The molecule has 0 aliphatic carbocycles. The van der Waals surface area contributed by atoms with E-state index < -0.39 is 0 Å². The zero-order valence-corrected chi connectivity index (χ0v) is 82.6. The molecule has 1 heterocycles. The van der Waals surface area contributed by atoms with Crippen molar-refractivity contribution in [3.63, 3.8) is 0 Å². The predicted octanol–water partition coefficient (Wildman–Crippen LogP) is 40.8. The van der Waals surface area contributed by atoms with Crippen LogP contribution in [-0.4, -0.2) is 4.70 Å². The van der Waals surface area contributed by atoms with Gasteiger partial charge in [-0.3, -0.25) is 0 Å². The second kappa shape index (κ2) is 89.5. The van der Waals surface area contributed by atoms with Crippen LogP contribution in [0.2, 0.25) is 0 Å². The Morgan fingerprint density at radius 2 is 0.371 bits per heavy atom. The number of nitrogens with zero attached hydrogens (tertiary/aromatic N) is 2. The molecule has 1 aliphatic rings. The van der Waals surface area contributed by atoms with Crippen molar-refractivity contribution in [2.45, 2.75) is 615 Å². The summed E-state index contributed by atoms with van der Waals surface area (Å²) in [5.41, 5.74) is 29.6. The second-order valence-corrected chi connectivity index (χ2v) is 37.3. The van der Waals surface area contributed by atoms with E-state index in [-0.39, 0.29) is 20.4 Å². The summed E-state index contributed by atoms with van der Waals surface area (Å²) in [5.74, 6) is 0. The van der Waals surface area contributed by atoms with E-state index in [1.807, 2.05) is 0 Å². The first kappa shape index (κ1) is 114. The molecule has 0 unspecified atom stereocenters. The molecule has 116 heavy (non-hydrogen) atoms. The minimum Gasteiger partial charge on any atom is -0.493 e. The standard InChI is InChI=1S/C57H94N2.2C28H57.Pd/c1-9-16-23-29-35-47-42-51(43-48(36-30-24-17-10-2)54(47)40-33-27-20-13-5)56-46(8)53(39-22-15-7)57(59(56)58)52-44-49(37-31-25-18-11-3)55(41-34-28-21-14-6)50(45-52)38-32-26-19-12-4;2*1-3-5-7-9-11-13-15-17-19-21-23-25-27-28-26-24-22-20-18-16-14-12-10-8-6-4-2;/h42-45H,9-41H2,1-8H3;2*1,3-28H2,2H3;/q;2*-1;+2. The molecule has 0 atom stereocenters. The third-order valence-corrected chi connectivity index (χ3v) is 26.2. The van der Waals surface area contributed by atoms with Crippen molar-refractivity contribution in [1.82, 2.24) is 0 Å². The van der Waals surface area contributed by atoms with E-state index in [4.69, 9.17) is 0 Å². The van der Waals surface area contributed by atoms with Crippen LogP contribution in [-0.2, 0) is 58.9 Å². The number of unbranched alkanes of at least 4 members (excludes halogenated alkanes) is 69. The Hall–Kier alpha value is -1.82. The maximum atomic E-state index is 12.8. The largest absolute Gasteiger partial charge is 2.00 e. The summed E-state index contributed by atoms with van der Waals surface area (Å²) < 4.78 is 1.69. The van der Waals surface area contributed by atoms with Crippen molar-refractivity contribution in [2.24, 2.45) is 0 Å². The summed E-state index contributed by atoms with van der Waals surface area (Å²) in [6, 6.07) is 10.2. The first-order valence-electron chi connectivity index (χ1n) is 53.5. The van der Waals surface area contributed by atoms with Gasteiger partial charge in [-0.25, -0.2) is 4.70 Å². The zero-order valence-electron chi connectivity index (χ0n) is 81.0. The molecule has 0 saturated heterocycles. The van der Waals surface area contributed by atoms with E-state index in [0.717, 1.165) is 69.2 Å². The summed E-state index contributed by atoms with van der Waals surface area (Å²) in [5, 5.41) is 0. The van der Waals surface area contributed by atoms with Gasteiger partial charge >= 0.3 is 20.4 Å². The summed E-state index contributed by atoms with van der Waals surface area (Å²) in [4.78, 5) is 0. The number of benzene rings is 2. The molecule has 2 nitrogen and oxygen atoms in total. The van der Waals surface area contributed by atoms with Gasteiger partial charge in [-0.05, 0) is 154 Å². The topological polar surface area (TPSA) is 25.3 Å². The number of rotatable bonds is 85. The van der Waals surface area contributed by atoms with Crippen molar-refractivity contribution in [1.29, 1.82) is 0 Å². The summed E-state index contributed by atoms with van der Waals surface area (Å²) in [6.45, 7) is 31.0. The van der Waals surface area contributed by atoms with Gasteiger partial charge < -0.3 is 19.4 Å². The number of aryl methyl sites for hydroxylation is 4. The van der Waals surface area contributed by atoms with E-state index in [9.17, 15) is 5.53 Å². The molecule has 0 aromatic heterocycles. The molecule has 1 aliphatic heterocycles. The van der Waals surface area contributed by atoms with Crippen molar-refractivity contribution in [3.05, 3.63) is 99.3 Å². The monoisotopic (exact) mass is 1700 g/mol. The van der Waals surface area contributed by atoms with Gasteiger partial charge in [-0.1, -0.05) is 505 Å². The predicted molar refractivity (Wildman–Crippen MR) is 525 cm³/mol.